The fourth-order valence-corrected chi connectivity index (χ4v) is 3.37. The molecule has 0 aliphatic rings. The van der Waals surface area contributed by atoms with Crippen LogP contribution in [-0.2, 0) is 0 Å². The molecule has 3 heteroatoms. The molecule has 1 unspecified atom stereocenters. The molecule has 0 saturated carbocycles. The van der Waals surface area contributed by atoms with Crippen LogP contribution < -0.4 is 0 Å². The summed E-state index contributed by atoms with van der Waals surface area (Å²) in [7, 11) is 0. The minimum Gasteiger partial charge on any atom is -0.344 e. The summed E-state index contributed by atoms with van der Waals surface area (Å²) in [6.45, 7) is 4.36. The summed E-state index contributed by atoms with van der Waals surface area (Å²) in [5.74, 6) is 0.100. The van der Waals surface area contributed by atoms with E-state index < -0.39 is 0 Å². The number of fused-ring (bicyclic) bond motifs is 1. The smallest absolute Gasteiger partial charge is 0.196 e. The Hall–Kier alpha value is -1.62. The number of benzene rings is 2. The zero-order valence-electron chi connectivity index (χ0n) is 12.7. The number of aromatic nitrogens is 1. The number of nitrogens with zero attached hydrogens (tertiary/aromatic N) is 1. The summed E-state index contributed by atoms with van der Waals surface area (Å²) < 4.78 is 3.21. The first-order valence-corrected chi connectivity index (χ1v) is 8.60. The molecule has 112 valence electrons. The molecule has 1 atom stereocenters. The largest absolute Gasteiger partial charge is 0.344 e. The Labute approximate surface area is 144 Å². The monoisotopic (exact) mass is 403 g/mol. The van der Waals surface area contributed by atoms with Crippen LogP contribution in [0.3, 0.4) is 0 Å². The molecule has 0 aliphatic carbocycles. The van der Waals surface area contributed by atoms with Gasteiger partial charge in [0.2, 0.25) is 0 Å². The number of carbonyl (C=O) groups is 1. The van der Waals surface area contributed by atoms with Gasteiger partial charge in [0.25, 0.3) is 0 Å². The molecule has 22 heavy (non-hydrogen) atoms. The molecule has 0 amide bonds. The summed E-state index contributed by atoms with van der Waals surface area (Å²) in [6.07, 6.45) is 3.05. The van der Waals surface area contributed by atoms with Crippen molar-refractivity contribution in [3.63, 3.8) is 0 Å². The van der Waals surface area contributed by atoms with Crippen LogP contribution >= 0.6 is 22.6 Å². The summed E-state index contributed by atoms with van der Waals surface area (Å²) in [5, 5.41) is 1.03. The van der Waals surface area contributed by atoms with Crippen molar-refractivity contribution < 1.29 is 4.79 Å². The minimum atomic E-state index is 0.100. The molecule has 2 aromatic carbocycles. The number of hydrogen-bond donors (Lipinski definition) is 0. The Kier molecular flexibility index (Phi) is 4.34. The Morgan fingerprint density at radius 3 is 2.50 bits per heavy atom. The van der Waals surface area contributed by atoms with Crippen molar-refractivity contribution in [3.05, 3.63) is 69.4 Å². The zero-order valence-corrected chi connectivity index (χ0v) is 14.9. The highest BCUT2D eigenvalue weighted by atomic mass is 127. The van der Waals surface area contributed by atoms with E-state index in [4.69, 9.17) is 0 Å². The summed E-state index contributed by atoms with van der Waals surface area (Å²) in [4.78, 5) is 13.0. The average molecular weight is 403 g/mol. The molecule has 1 aromatic heterocycles. The maximum atomic E-state index is 13.0. The van der Waals surface area contributed by atoms with Gasteiger partial charge in [0.1, 0.15) is 0 Å². The molecule has 0 N–H and O–H groups in total. The van der Waals surface area contributed by atoms with E-state index in [2.05, 4.69) is 47.1 Å². The van der Waals surface area contributed by atoms with Gasteiger partial charge in [-0.15, -0.1) is 0 Å². The van der Waals surface area contributed by atoms with Crippen molar-refractivity contribution >= 4 is 39.3 Å². The molecule has 3 aromatic rings. The molecule has 0 spiro atoms. The number of halogens is 1. The molecule has 0 bridgehead atoms. The van der Waals surface area contributed by atoms with Gasteiger partial charge in [-0.2, -0.15) is 0 Å². The molecule has 2 nitrogen and oxygen atoms in total. The highest BCUT2D eigenvalue weighted by Crippen LogP contribution is 2.28. The SMILES string of the molecule is CCC(C)n1cc(C(=O)c2ccccc2I)c2ccccc21. The van der Waals surface area contributed by atoms with E-state index in [1.165, 1.54) is 0 Å². The van der Waals surface area contributed by atoms with E-state index in [-0.39, 0.29) is 5.78 Å². The lowest BCUT2D eigenvalue weighted by Gasteiger charge is -2.12. The third-order valence-corrected chi connectivity index (χ3v) is 5.11. The average Bonchev–Trinajstić information content (AvgIpc) is 2.94. The lowest BCUT2D eigenvalue weighted by atomic mass is 10.0. The summed E-state index contributed by atoms with van der Waals surface area (Å²) in [5.41, 5.74) is 2.70. The predicted molar refractivity (Wildman–Crippen MR) is 99.5 cm³/mol. The van der Waals surface area contributed by atoms with Gasteiger partial charge in [-0.05, 0) is 54.1 Å². The van der Waals surface area contributed by atoms with Crippen molar-refractivity contribution in [1.82, 2.24) is 4.57 Å². The van der Waals surface area contributed by atoms with Crippen LogP contribution in [-0.4, -0.2) is 10.4 Å². The maximum absolute atomic E-state index is 13.0. The second-order valence-corrected chi connectivity index (χ2v) is 6.70. The van der Waals surface area contributed by atoms with Gasteiger partial charge in [-0.1, -0.05) is 37.3 Å². The van der Waals surface area contributed by atoms with Gasteiger partial charge >= 0.3 is 0 Å². The molecule has 0 radical (unpaired) electrons. The first kappa shape index (κ1) is 15.3. The molecular formula is C19H18INO. The molecule has 1 heterocycles. The van der Waals surface area contributed by atoms with Gasteiger partial charge < -0.3 is 4.57 Å². The quantitative estimate of drug-likeness (QED) is 0.420. The second kappa shape index (κ2) is 6.24. The molecular weight excluding hydrogens is 385 g/mol. The Morgan fingerprint density at radius 2 is 1.77 bits per heavy atom. The summed E-state index contributed by atoms with van der Waals surface area (Å²) in [6, 6.07) is 16.3. The maximum Gasteiger partial charge on any atom is 0.196 e. The van der Waals surface area contributed by atoms with Crippen molar-refractivity contribution in [2.45, 2.75) is 26.3 Å². The zero-order chi connectivity index (χ0) is 15.7. The van der Waals surface area contributed by atoms with E-state index in [0.717, 1.165) is 32.0 Å². The number of ketones is 1. The topological polar surface area (TPSA) is 22.0 Å². The van der Waals surface area contributed by atoms with Crippen LogP contribution in [0.4, 0.5) is 0 Å². The van der Waals surface area contributed by atoms with E-state index in [1.54, 1.807) is 0 Å². The van der Waals surface area contributed by atoms with Gasteiger partial charge in [0, 0.05) is 37.8 Å². The van der Waals surface area contributed by atoms with E-state index in [0.29, 0.717) is 6.04 Å². The third-order valence-electron chi connectivity index (χ3n) is 4.17. The number of para-hydroxylation sites is 1. The standard InChI is InChI=1S/C19H18INO/c1-3-13(2)21-12-16(14-8-5-7-11-18(14)21)19(22)15-9-4-6-10-17(15)20/h4-13H,3H2,1-2H3. The van der Waals surface area contributed by atoms with E-state index in [1.807, 2.05) is 48.7 Å². The van der Waals surface area contributed by atoms with Crippen molar-refractivity contribution in [2.24, 2.45) is 0 Å². The van der Waals surface area contributed by atoms with Gasteiger partial charge in [-0.3, -0.25) is 4.79 Å². The van der Waals surface area contributed by atoms with Crippen LogP contribution in [0.15, 0.2) is 54.7 Å². The highest BCUT2D eigenvalue weighted by molar-refractivity contribution is 14.1. The first-order valence-electron chi connectivity index (χ1n) is 7.52. The lowest BCUT2D eigenvalue weighted by molar-refractivity contribution is 0.103. The Morgan fingerprint density at radius 1 is 1.09 bits per heavy atom. The van der Waals surface area contributed by atoms with Crippen molar-refractivity contribution in [1.29, 1.82) is 0 Å². The van der Waals surface area contributed by atoms with Crippen LogP contribution in [0, 0.1) is 3.57 Å². The van der Waals surface area contributed by atoms with Gasteiger partial charge in [0.15, 0.2) is 5.78 Å². The van der Waals surface area contributed by atoms with Crippen LogP contribution in [0.5, 0.6) is 0 Å². The normalized spacial score (nSPS) is 12.5. The fourth-order valence-electron chi connectivity index (χ4n) is 2.74. The Bertz CT molecular complexity index is 834. The van der Waals surface area contributed by atoms with E-state index >= 15 is 0 Å². The number of rotatable bonds is 4. The van der Waals surface area contributed by atoms with Crippen LogP contribution in [0.25, 0.3) is 10.9 Å². The highest BCUT2D eigenvalue weighted by Gasteiger charge is 2.19. The molecule has 0 aliphatic heterocycles. The predicted octanol–water partition coefficient (Wildman–Crippen LogP) is 5.45. The fraction of sp³-hybridized carbons (Fsp3) is 0.211. The minimum absolute atomic E-state index is 0.100. The first-order chi connectivity index (χ1) is 10.6. The van der Waals surface area contributed by atoms with E-state index in [9.17, 15) is 4.79 Å². The third kappa shape index (κ3) is 2.58. The molecule has 0 fully saturated rings. The van der Waals surface area contributed by atoms with Crippen LogP contribution in [0.2, 0.25) is 0 Å². The van der Waals surface area contributed by atoms with Gasteiger partial charge in [0.05, 0.1) is 0 Å². The number of carbonyl (C=O) groups excluding carboxylic acids is 1. The molecule has 0 saturated heterocycles. The van der Waals surface area contributed by atoms with Gasteiger partial charge in [-0.25, -0.2) is 0 Å². The lowest BCUT2D eigenvalue weighted by Crippen LogP contribution is -2.04. The molecule has 3 rings (SSSR count). The van der Waals surface area contributed by atoms with Crippen molar-refractivity contribution in [3.8, 4) is 0 Å². The summed E-state index contributed by atoms with van der Waals surface area (Å²) >= 11 is 2.23. The van der Waals surface area contributed by atoms with Crippen molar-refractivity contribution in [2.75, 3.05) is 0 Å². The second-order valence-electron chi connectivity index (χ2n) is 5.53. The Balaban J connectivity index is 2.19. The number of hydrogen-bond acceptors (Lipinski definition) is 1. The van der Waals surface area contributed by atoms with Crippen LogP contribution in [0.1, 0.15) is 42.2 Å².